The van der Waals surface area contributed by atoms with Crippen molar-refractivity contribution in [3.63, 3.8) is 0 Å². The van der Waals surface area contributed by atoms with Crippen molar-refractivity contribution >= 4 is 5.91 Å². The van der Waals surface area contributed by atoms with Crippen LogP contribution in [-0.4, -0.2) is 25.0 Å². The number of methoxy groups -OCH3 is 1. The van der Waals surface area contributed by atoms with Gasteiger partial charge in [-0.1, -0.05) is 24.3 Å². The number of ether oxygens (including phenoxy) is 1. The van der Waals surface area contributed by atoms with Crippen molar-refractivity contribution in [2.24, 2.45) is 0 Å². The minimum atomic E-state index is -0.323. The Kier molecular flexibility index (Phi) is 5.15. The lowest BCUT2D eigenvalue weighted by molar-refractivity contribution is -0.131. The van der Waals surface area contributed by atoms with Gasteiger partial charge in [0.25, 0.3) is 0 Å². The van der Waals surface area contributed by atoms with Gasteiger partial charge in [0.15, 0.2) is 0 Å². The highest BCUT2D eigenvalue weighted by Crippen LogP contribution is 2.22. The molecular formula is C18H20FNO2. The lowest BCUT2D eigenvalue weighted by Gasteiger charge is -2.25. The Morgan fingerprint density at radius 3 is 2.50 bits per heavy atom. The van der Waals surface area contributed by atoms with Gasteiger partial charge < -0.3 is 9.64 Å². The van der Waals surface area contributed by atoms with E-state index in [0.29, 0.717) is 5.56 Å². The summed E-state index contributed by atoms with van der Waals surface area (Å²) >= 11 is 0. The van der Waals surface area contributed by atoms with Crippen molar-refractivity contribution in [2.75, 3.05) is 14.2 Å². The maximum atomic E-state index is 13.2. The van der Waals surface area contributed by atoms with E-state index in [9.17, 15) is 9.18 Å². The molecule has 0 bridgehead atoms. The van der Waals surface area contributed by atoms with Crippen LogP contribution in [0.5, 0.6) is 5.75 Å². The molecule has 0 saturated heterocycles. The Hall–Kier alpha value is -2.36. The van der Waals surface area contributed by atoms with Gasteiger partial charge in [-0.25, -0.2) is 4.39 Å². The van der Waals surface area contributed by atoms with Gasteiger partial charge in [0.05, 0.1) is 19.6 Å². The molecule has 2 aromatic carbocycles. The number of nitrogens with zero attached hydrogens (tertiary/aromatic N) is 1. The van der Waals surface area contributed by atoms with Crippen LogP contribution < -0.4 is 4.74 Å². The van der Waals surface area contributed by atoms with Gasteiger partial charge in [0, 0.05) is 7.05 Å². The third kappa shape index (κ3) is 3.85. The summed E-state index contributed by atoms with van der Waals surface area (Å²) in [5.74, 6) is 0.412. The summed E-state index contributed by atoms with van der Waals surface area (Å²) in [5.41, 5.74) is 1.70. The molecule has 0 aliphatic carbocycles. The molecule has 0 saturated carbocycles. The fraction of sp³-hybridized carbons (Fsp3) is 0.278. The third-order valence-corrected chi connectivity index (χ3v) is 3.82. The number of halogens is 1. The average molecular weight is 301 g/mol. The van der Waals surface area contributed by atoms with Crippen LogP contribution in [0, 0.1) is 5.82 Å². The molecule has 1 amide bonds. The molecule has 116 valence electrons. The Morgan fingerprint density at radius 2 is 1.91 bits per heavy atom. The molecule has 1 atom stereocenters. The van der Waals surface area contributed by atoms with Gasteiger partial charge in [-0.3, -0.25) is 4.79 Å². The smallest absolute Gasteiger partial charge is 0.227 e. The highest BCUT2D eigenvalue weighted by molar-refractivity contribution is 5.79. The van der Waals surface area contributed by atoms with Crippen LogP contribution in [0.15, 0.2) is 48.5 Å². The van der Waals surface area contributed by atoms with Crippen molar-refractivity contribution < 1.29 is 13.9 Å². The minimum Gasteiger partial charge on any atom is -0.497 e. The van der Waals surface area contributed by atoms with Gasteiger partial charge in [-0.2, -0.15) is 0 Å². The van der Waals surface area contributed by atoms with Crippen LogP contribution in [0.2, 0.25) is 0 Å². The summed E-state index contributed by atoms with van der Waals surface area (Å²) in [6.45, 7) is 1.96. The molecule has 0 aliphatic rings. The third-order valence-electron chi connectivity index (χ3n) is 3.82. The van der Waals surface area contributed by atoms with E-state index in [1.54, 1.807) is 31.2 Å². The van der Waals surface area contributed by atoms with Crippen LogP contribution >= 0.6 is 0 Å². The summed E-state index contributed by atoms with van der Waals surface area (Å²) in [6.07, 6.45) is 0.189. The van der Waals surface area contributed by atoms with E-state index in [1.807, 2.05) is 31.2 Å². The molecule has 0 heterocycles. The molecule has 0 aliphatic heterocycles. The molecule has 3 nitrogen and oxygen atoms in total. The second-order valence-electron chi connectivity index (χ2n) is 5.26. The molecule has 0 aromatic heterocycles. The van der Waals surface area contributed by atoms with Gasteiger partial charge in [-0.05, 0) is 42.3 Å². The van der Waals surface area contributed by atoms with Gasteiger partial charge in [0.1, 0.15) is 11.6 Å². The van der Waals surface area contributed by atoms with E-state index in [4.69, 9.17) is 4.74 Å². The zero-order valence-corrected chi connectivity index (χ0v) is 13.0. The lowest BCUT2D eigenvalue weighted by Crippen LogP contribution is -2.30. The molecule has 2 rings (SSSR count). The maximum absolute atomic E-state index is 13.2. The summed E-state index contributed by atoms with van der Waals surface area (Å²) in [7, 11) is 3.38. The Bertz CT molecular complexity index is 640. The molecule has 1 unspecified atom stereocenters. The van der Waals surface area contributed by atoms with Gasteiger partial charge in [0.2, 0.25) is 5.91 Å². The Balaban J connectivity index is 2.05. The number of carbonyl (C=O) groups is 1. The zero-order chi connectivity index (χ0) is 16.1. The Labute approximate surface area is 130 Å². The lowest BCUT2D eigenvalue weighted by atomic mass is 10.1. The van der Waals surface area contributed by atoms with Crippen LogP contribution in [0.3, 0.4) is 0 Å². The molecule has 0 radical (unpaired) electrons. The first-order chi connectivity index (χ1) is 10.5. The fourth-order valence-electron chi connectivity index (χ4n) is 2.27. The number of hydrogen-bond donors (Lipinski definition) is 0. The largest absolute Gasteiger partial charge is 0.497 e. The van der Waals surface area contributed by atoms with Crippen molar-refractivity contribution in [3.8, 4) is 5.75 Å². The minimum absolute atomic E-state index is 0.0473. The number of benzene rings is 2. The number of amides is 1. The topological polar surface area (TPSA) is 29.5 Å². The number of carbonyl (C=O) groups excluding carboxylic acids is 1. The molecule has 4 heteroatoms. The first-order valence-electron chi connectivity index (χ1n) is 7.15. The van der Waals surface area contributed by atoms with Crippen molar-refractivity contribution in [1.82, 2.24) is 4.90 Å². The number of likely N-dealkylation sites (N-methyl/N-ethyl adjacent to an activating group) is 1. The van der Waals surface area contributed by atoms with E-state index in [1.165, 1.54) is 12.1 Å². The highest BCUT2D eigenvalue weighted by atomic mass is 19.1. The standard InChI is InChI=1S/C18H20FNO2/c1-13(15-7-9-17(22-3)10-8-15)20(2)18(21)12-14-5-4-6-16(19)11-14/h4-11,13H,12H2,1-3H3. The second kappa shape index (κ2) is 7.07. The summed E-state index contributed by atoms with van der Waals surface area (Å²) in [4.78, 5) is 14.0. The van der Waals surface area contributed by atoms with E-state index in [0.717, 1.165) is 11.3 Å². The summed E-state index contributed by atoms with van der Waals surface area (Å²) in [6, 6.07) is 13.7. The normalized spacial score (nSPS) is 11.8. The first kappa shape index (κ1) is 16.0. The average Bonchev–Trinajstić information content (AvgIpc) is 2.53. The fourth-order valence-corrected chi connectivity index (χ4v) is 2.27. The zero-order valence-electron chi connectivity index (χ0n) is 13.0. The van der Waals surface area contributed by atoms with Crippen molar-refractivity contribution in [3.05, 3.63) is 65.5 Å². The van der Waals surface area contributed by atoms with Crippen LogP contribution in [0.4, 0.5) is 4.39 Å². The second-order valence-corrected chi connectivity index (χ2v) is 5.26. The Morgan fingerprint density at radius 1 is 1.23 bits per heavy atom. The van der Waals surface area contributed by atoms with E-state index in [-0.39, 0.29) is 24.2 Å². The van der Waals surface area contributed by atoms with Crippen LogP contribution in [0.25, 0.3) is 0 Å². The quantitative estimate of drug-likeness (QED) is 0.844. The van der Waals surface area contributed by atoms with E-state index in [2.05, 4.69) is 0 Å². The number of hydrogen-bond acceptors (Lipinski definition) is 2. The van der Waals surface area contributed by atoms with Crippen molar-refractivity contribution in [2.45, 2.75) is 19.4 Å². The predicted octanol–water partition coefficient (Wildman–Crippen LogP) is 3.60. The molecule has 2 aromatic rings. The van der Waals surface area contributed by atoms with Crippen LogP contribution in [0.1, 0.15) is 24.1 Å². The van der Waals surface area contributed by atoms with E-state index < -0.39 is 0 Å². The van der Waals surface area contributed by atoms with E-state index >= 15 is 0 Å². The van der Waals surface area contributed by atoms with Crippen LogP contribution in [-0.2, 0) is 11.2 Å². The summed E-state index contributed by atoms with van der Waals surface area (Å²) in [5, 5.41) is 0. The van der Waals surface area contributed by atoms with Crippen molar-refractivity contribution in [1.29, 1.82) is 0 Å². The predicted molar refractivity (Wildman–Crippen MR) is 84.3 cm³/mol. The molecule has 0 N–H and O–H groups in total. The highest BCUT2D eigenvalue weighted by Gasteiger charge is 2.17. The van der Waals surface area contributed by atoms with Gasteiger partial charge >= 0.3 is 0 Å². The summed E-state index contributed by atoms with van der Waals surface area (Å²) < 4.78 is 18.3. The SMILES string of the molecule is COc1ccc(C(C)N(C)C(=O)Cc2cccc(F)c2)cc1. The first-order valence-corrected chi connectivity index (χ1v) is 7.15. The maximum Gasteiger partial charge on any atom is 0.227 e. The molecule has 0 spiro atoms. The molecule has 0 fully saturated rings. The monoisotopic (exact) mass is 301 g/mol. The van der Waals surface area contributed by atoms with Gasteiger partial charge in [-0.15, -0.1) is 0 Å². The number of rotatable bonds is 5. The molecule has 22 heavy (non-hydrogen) atoms. The molecular weight excluding hydrogens is 281 g/mol.